The Labute approximate surface area is 106 Å². The van der Waals surface area contributed by atoms with E-state index in [1.807, 2.05) is 32.9 Å². The zero-order valence-corrected chi connectivity index (χ0v) is 11.0. The molecule has 2 heterocycles. The molecule has 2 rings (SSSR count). The Morgan fingerprint density at radius 1 is 1.17 bits per heavy atom. The standard InChI is InChI=1S/C14H17NO3/c1-8-5-6-13(18-8)10(3)15-14(16)12-7-9(2)17-11(12)4/h5-7,10H,1-4H3,(H,15,16)/t10-/m1/s1. The Morgan fingerprint density at radius 3 is 2.39 bits per heavy atom. The van der Waals surface area contributed by atoms with E-state index in [0.29, 0.717) is 11.3 Å². The van der Waals surface area contributed by atoms with Crippen molar-refractivity contribution in [3.05, 3.63) is 46.8 Å². The summed E-state index contributed by atoms with van der Waals surface area (Å²) < 4.78 is 10.8. The highest BCUT2D eigenvalue weighted by atomic mass is 16.3. The van der Waals surface area contributed by atoms with Crippen LogP contribution in [0.1, 0.15) is 46.4 Å². The molecule has 0 spiro atoms. The molecule has 0 fully saturated rings. The quantitative estimate of drug-likeness (QED) is 0.905. The lowest BCUT2D eigenvalue weighted by molar-refractivity contribution is 0.0933. The van der Waals surface area contributed by atoms with Gasteiger partial charge in [-0.25, -0.2) is 0 Å². The number of furan rings is 2. The molecule has 96 valence electrons. The monoisotopic (exact) mass is 247 g/mol. The molecule has 4 nitrogen and oxygen atoms in total. The van der Waals surface area contributed by atoms with E-state index in [1.165, 1.54) is 0 Å². The molecule has 1 N–H and O–H groups in total. The van der Waals surface area contributed by atoms with Gasteiger partial charge in [-0.05, 0) is 45.9 Å². The van der Waals surface area contributed by atoms with Gasteiger partial charge in [0.05, 0.1) is 11.6 Å². The van der Waals surface area contributed by atoms with Crippen LogP contribution in [-0.4, -0.2) is 5.91 Å². The largest absolute Gasteiger partial charge is 0.466 e. The summed E-state index contributed by atoms with van der Waals surface area (Å²) in [6.45, 7) is 7.37. The molecule has 1 amide bonds. The molecule has 0 radical (unpaired) electrons. The topological polar surface area (TPSA) is 55.4 Å². The summed E-state index contributed by atoms with van der Waals surface area (Å²) in [5.41, 5.74) is 0.572. The number of hydrogen-bond acceptors (Lipinski definition) is 3. The highest BCUT2D eigenvalue weighted by Gasteiger charge is 2.17. The number of aryl methyl sites for hydroxylation is 3. The van der Waals surface area contributed by atoms with Crippen LogP contribution < -0.4 is 5.32 Å². The molecule has 4 heteroatoms. The van der Waals surface area contributed by atoms with Crippen molar-refractivity contribution >= 4 is 5.91 Å². The van der Waals surface area contributed by atoms with Gasteiger partial charge in [-0.3, -0.25) is 4.79 Å². The van der Waals surface area contributed by atoms with Gasteiger partial charge in [0.15, 0.2) is 0 Å². The summed E-state index contributed by atoms with van der Waals surface area (Å²) in [6, 6.07) is 5.32. The van der Waals surface area contributed by atoms with E-state index < -0.39 is 0 Å². The van der Waals surface area contributed by atoms with E-state index in [1.54, 1.807) is 13.0 Å². The Hall–Kier alpha value is -1.97. The fourth-order valence-electron chi connectivity index (χ4n) is 1.89. The van der Waals surface area contributed by atoms with E-state index >= 15 is 0 Å². The molecule has 0 unspecified atom stereocenters. The van der Waals surface area contributed by atoms with Crippen molar-refractivity contribution in [1.29, 1.82) is 0 Å². The van der Waals surface area contributed by atoms with Gasteiger partial charge in [-0.1, -0.05) is 0 Å². The van der Waals surface area contributed by atoms with Crippen molar-refractivity contribution < 1.29 is 13.6 Å². The second-order valence-electron chi connectivity index (χ2n) is 4.47. The number of amides is 1. The number of carbonyl (C=O) groups is 1. The van der Waals surface area contributed by atoms with Crippen LogP contribution in [0.2, 0.25) is 0 Å². The number of nitrogens with one attached hydrogen (secondary N) is 1. The predicted molar refractivity (Wildman–Crippen MR) is 67.5 cm³/mol. The van der Waals surface area contributed by atoms with Gasteiger partial charge >= 0.3 is 0 Å². The lowest BCUT2D eigenvalue weighted by Gasteiger charge is -2.10. The molecule has 1 atom stereocenters. The molecule has 0 saturated heterocycles. The SMILES string of the molecule is Cc1ccc([C@@H](C)NC(=O)c2cc(C)oc2C)o1. The highest BCUT2D eigenvalue weighted by molar-refractivity contribution is 5.95. The van der Waals surface area contributed by atoms with Crippen LogP contribution in [-0.2, 0) is 0 Å². The molecule has 2 aromatic rings. The molecule has 0 aromatic carbocycles. The average molecular weight is 247 g/mol. The maximum absolute atomic E-state index is 12.1. The van der Waals surface area contributed by atoms with Crippen LogP contribution in [0.3, 0.4) is 0 Å². The summed E-state index contributed by atoms with van der Waals surface area (Å²) in [7, 11) is 0. The third kappa shape index (κ3) is 2.47. The molecule has 0 saturated carbocycles. The Balaban J connectivity index is 2.10. The minimum Gasteiger partial charge on any atom is -0.466 e. The van der Waals surface area contributed by atoms with Crippen LogP contribution >= 0.6 is 0 Å². The third-order valence-corrected chi connectivity index (χ3v) is 2.82. The van der Waals surface area contributed by atoms with Gasteiger partial charge < -0.3 is 14.2 Å². The van der Waals surface area contributed by atoms with Crippen molar-refractivity contribution in [2.45, 2.75) is 33.7 Å². The second-order valence-corrected chi connectivity index (χ2v) is 4.47. The second kappa shape index (κ2) is 4.72. The fourth-order valence-corrected chi connectivity index (χ4v) is 1.89. The Kier molecular flexibility index (Phi) is 3.28. The van der Waals surface area contributed by atoms with E-state index in [0.717, 1.165) is 17.3 Å². The van der Waals surface area contributed by atoms with E-state index in [2.05, 4.69) is 5.32 Å². The first-order valence-corrected chi connectivity index (χ1v) is 5.91. The summed E-state index contributed by atoms with van der Waals surface area (Å²) in [6.07, 6.45) is 0. The number of carbonyl (C=O) groups excluding carboxylic acids is 1. The van der Waals surface area contributed by atoms with Crippen molar-refractivity contribution in [1.82, 2.24) is 5.32 Å². The average Bonchev–Trinajstić information content (AvgIpc) is 2.84. The summed E-state index contributed by atoms with van der Waals surface area (Å²) >= 11 is 0. The first-order valence-electron chi connectivity index (χ1n) is 5.91. The molecular formula is C14H17NO3. The van der Waals surface area contributed by atoms with Gasteiger partial charge in [0, 0.05) is 0 Å². The summed E-state index contributed by atoms with van der Waals surface area (Å²) in [5, 5.41) is 2.89. The molecule has 2 aromatic heterocycles. The van der Waals surface area contributed by atoms with Crippen LogP contribution in [0.25, 0.3) is 0 Å². The minimum atomic E-state index is -0.166. The Bertz CT molecular complexity index is 565. The smallest absolute Gasteiger partial charge is 0.255 e. The van der Waals surface area contributed by atoms with E-state index in [9.17, 15) is 4.79 Å². The van der Waals surface area contributed by atoms with Crippen molar-refractivity contribution in [3.63, 3.8) is 0 Å². The van der Waals surface area contributed by atoms with Gasteiger partial charge in [-0.15, -0.1) is 0 Å². The van der Waals surface area contributed by atoms with Gasteiger partial charge in [0.2, 0.25) is 0 Å². The maximum Gasteiger partial charge on any atom is 0.255 e. The van der Waals surface area contributed by atoms with Gasteiger partial charge in [0.1, 0.15) is 23.0 Å². The maximum atomic E-state index is 12.1. The molecule has 18 heavy (non-hydrogen) atoms. The normalized spacial score (nSPS) is 12.4. The molecule has 0 aliphatic carbocycles. The lowest BCUT2D eigenvalue weighted by atomic mass is 10.2. The zero-order valence-electron chi connectivity index (χ0n) is 11.0. The van der Waals surface area contributed by atoms with Crippen molar-refractivity contribution in [3.8, 4) is 0 Å². The lowest BCUT2D eigenvalue weighted by Crippen LogP contribution is -2.26. The summed E-state index contributed by atoms with van der Waals surface area (Å²) in [4.78, 5) is 12.1. The van der Waals surface area contributed by atoms with Gasteiger partial charge in [0.25, 0.3) is 5.91 Å². The van der Waals surface area contributed by atoms with E-state index in [-0.39, 0.29) is 11.9 Å². The highest BCUT2D eigenvalue weighted by Crippen LogP contribution is 2.18. The first-order chi connectivity index (χ1) is 8.47. The number of rotatable bonds is 3. The van der Waals surface area contributed by atoms with Crippen molar-refractivity contribution in [2.75, 3.05) is 0 Å². The first kappa shape index (κ1) is 12.5. The van der Waals surface area contributed by atoms with Crippen LogP contribution in [0, 0.1) is 20.8 Å². The molecular weight excluding hydrogens is 230 g/mol. The molecule has 0 aliphatic heterocycles. The summed E-state index contributed by atoms with van der Waals surface area (Å²) in [5.74, 6) is 2.80. The zero-order chi connectivity index (χ0) is 13.3. The van der Waals surface area contributed by atoms with Crippen molar-refractivity contribution in [2.24, 2.45) is 0 Å². The fraction of sp³-hybridized carbons (Fsp3) is 0.357. The van der Waals surface area contributed by atoms with Crippen LogP contribution in [0.5, 0.6) is 0 Å². The molecule has 0 aliphatic rings. The molecule has 0 bridgehead atoms. The number of hydrogen-bond donors (Lipinski definition) is 1. The minimum absolute atomic E-state index is 0.147. The van der Waals surface area contributed by atoms with Crippen LogP contribution in [0.4, 0.5) is 0 Å². The third-order valence-electron chi connectivity index (χ3n) is 2.82. The predicted octanol–water partition coefficient (Wildman–Crippen LogP) is 3.29. The van der Waals surface area contributed by atoms with E-state index in [4.69, 9.17) is 8.83 Å². The van der Waals surface area contributed by atoms with Gasteiger partial charge in [-0.2, -0.15) is 0 Å². The van der Waals surface area contributed by atoms with Crippen LogP contribution in [0.15, 0.2) is 27.0 Å². The Morgan fingerprint density at radius 2 is 1.89 bits per heavy atom.